The van der Waals surface area contributed by atoms with Gasteiger partial charge in [-0.05, 0) is 0 Å². The minimum absolute atomic E-state index is 1.75. The molecular formula is C26H28. The molecule has 26 heavy (non-hydrogen) atoms. The lowest BCUT2D eigenvalue weighted by Gasteiger charge is -1.76. The van der Waals surface area contributed by atoms with Gasteiger partial charge in [-0.3, -0.25) is 0 Å². The van der Waals surface area contributed by atoms with Gasteiger partial charge in [-0.2, -0.15) is 0 Å². The van der Waals surface area contributed by atoms with Crippen molar-refractivity contribution in [3.63, 3.8) is 0 Å². The third-order valence-electron chi connectivity index (χ3n) is 2.61. The Balaban J connectivity index is 3.93. The van der Waals surface area contributed by atoms with Gasteiger partial charge in [0, 0.05) is 0 Å². The van der Waals surface area contributed by atoms with Gasteiger partial charge in [0.2, 0.25) is 0 Å². The molecule has 0 heteroatoms. The number of rotatable bonds is 12. The summed E-state index contributed by atoms with van der Waals surface area (Å²) in [6, 6.07) is 0. The quantitative estimate of drug-likeness (QED) is 0.323. The molecule has 0 aliphatic carbocycles. The van der Waals surface area contributed by atoms with Crippen molar-refractivity contribution in [3.05, 3.63) is 159 Å². The molecule has 0 aliphatic heterocycles. The second-order valence-corrected chi connectivity index (χ2v) is 4.71. The van der Waals surface area contributed by atoms with Crippen molar-refractivity contribution in [1.82, 2.24) is 0 Å². The lowest BCUT2D eigenvalue weighted by atomic mass is 10.3. The molecule has 0 aromatic rings. The van der Waals surface area contributed by atoms with Crippen molar-refractivity contribution < 1.29 is 0 Å². The van der Waals surface area contributed by atoms with Crippen molar-refractivity contribution in [2.75, 3.05) is 0 Å². The number of allylic oxidation sites excluding steroid dienone is 24. The van der Waals surface area contributed by atoms with Gasteiger partial charge in [-0.25, -0.2) is 0 Å². The summed E-state index contributed by atoms with van der Waals surface area (Å²) in [7, 11) is 0. The zero-order chi connectivity index (χ0) is 19.0. The Hall–Kier alpha value is -3.38. The summed E-state index contributed by atoms with van der Waals surface area (Å²) in [4.78, 5) is 0. The molecule has 132 valence electrons. The van der Waals surface area contributed by atoms with E-state index in [2.05, 4.69) is 13.2 Å². The first-order valence-electron chi connectivity index (χ1n) is 8.48. The van der Waals surface area contributed by atoms with Crippen LogP contribution in [0.1, 0.15) is 0 Å². The maximum Gasteiger partial charge on any atom is -0.0623 e. The average molecular weight is 341 g/mol. The number of hydrogen-bond donors (Lipinski definition) is 0. The molecule has 0 bridgehead atoms. The third-order valence-corrected chi connectivity index (χ3v) is 2.61. The maximum atomic E-state index is 3.61. The lowest BCUT2D eigenvalue weighted by molar-refractivity contribution is 1.82. The van der Waals surface area contributed by atoms with Gasteiger partial charge in [-0.15, -0.1) is 0 Å². The van der Waals surface area contributed by atoms with Crippen LogP contribution in [0.15, 0.2) is 159 Å². The Kier molecular flexibility index (Phi) is 18.8. The Labute approximate surface area is 159 Å². The van der Waals surface area contributed by atoms with Crippen molar-refractivity contribution in [2.45, 2.75) is 0 Å². The normalized spacial score (nSPS) is 14.3. The third kappa shape index (κ3) is 20.6. The van der Waals surface area contributed by atoms with Crippen LogP contribution in [0.4, 0.5) is 0 Å². The fourth-order valence-corrected chi connectivity index (χ4v) is 1.44. The number of hydrogen-bond acceptors (Lipinski definition) is 0. The van der Waals surface area contributed by atoms with Crippen LogP contribution in [0, 0.1) is 0 Å². The Morgan fingerprint density at radius 1 is 0.192 bits per heavy atom. The minimum Gasteiger partial charge on any atom is -0.0991 e. The summed E-state index contributed by atoms with van der Waals surface area (Å²) in [5.41, 5.74) is 0. The first kappa shape index (κ1) is 22.6. The van der Waals surface area contributed by atoms with Crippen molar-refractivity contribution in [3.8, 4) is 0 Å². The first-order chi connectivity index (χ1) is 12.9. The summed E-state index contributed by atoms with van der Waals surface area (Å²) in [6.45, 7) is 7.21. The summed E-state index contributed by atoms with van der Waals surface area (Å²) in [5, 5.41) is 0. The molecule has 0 unspecified atom stereocenters. The van der Waals surface area contributed by atoms with Gasteiger partial charge in [0.15, 0.2) is 0 Å². The highest BCUT2D eigenvalue weighted by molar-refractivity contribution is 5.23. The molecule has 0 fully saturated rings. The van der Waals surface area contributed by atoms with Crippen molar-refractivity contribution >= 4 is 0 Å². The largest absolute Gasteiger partial charge is 0.0991 e. The van der Waals surface area contributed by atoms with E-state index in [9.17, 15) is 0 Å². The molecule has 0 atom stereocenters. The SMILES string of the molecule is C=CC=CC=CC=CC=CC=CC=CC=CC=CC=CC=CC=CC=C. The molecule has 0 rings (SSSR count). The molecule has 0 N–H and O–H groups in total. The fourth-order valence-electron chi connectivity index (χ4n) is 1.44. The zero-order valence-corrected chi connectivity index (χ0v) is 15.3. The molecule has 0 aromatic heterocycles. The molecule has 0 heterocycles. The molecule has 0 spiro atoms. The summed E-state index contributed by atoms with van der Waals surface area (Å²) in [5.74, 6) is 0. The van der Waals surface area contributed by atoms with Gasteiger partial charge in [0.05, 0.1) is 0 Å². The maximum absolute atomic E-state index is 3.61. The van der Waals surface area contributed by atoms with E-state index in [4.69, 9.17) is 0 Å². The van der Waals surface area contributed by atoms with Crippen LogP contribution < -0.4 is 0 Å². The van der Waals surface area contributed by atoms with Crippen LogP contribution in [-0.2, 0) is 0 Å². The molecule has 0 aromatic carbocycles. The van der Waals surface area contributed by atoms with E-state index in [0.717, 1.165) is 0 Å². The highest BCUT2D eigenvalue weighted by Gasteiger charge is 1.65. The predicted octanol–water partition coefficient (Wildman–Crippen LogP) is 7.48. The smallest absolute Gasteiger partial charge is 0.0623 e. The molecule has 0 saturated carbocycles. The second kappa shape index (κ2) is 21.6. The van der Waals surface area contributed by atoms with Crippen molar-refractivity contribution in [2.24, 2.45) is 0 Å². The summed E-state index contributed by atoms with van der Waals surface area (Å²) >= 11 is 0. The van der Waals surface area contributed by atoms with Crippen LogP contribution in [0.25, 0.3) is 0 Å². The topological polar surface area (TPSA) is 0 Å². The van der Waals surface area contributed by atoms with Gasteiger partial charge in [0.25, 0.3) is 0 Å². The van der Waals surface area contributed by atoms with Gasteiger partial charge in [-0.1, -0.05) is 159 Å². The standard InChI is InChI=1S/C26H28/c1-3-5-7-9-11-13-15-17-19-21-23-25-26-24-22-20-18-16-14-12-10-8-6-4-2/h3-26H,1-2H2. The molecule has 0 radical (unpaired) electrons. The monoisotopic (exact) mass is 340 g/mol. The van der Waals surface area contributed by atoms with Crippen LogP contribution >= 0.6 is 0 Å². The Morgan fingerprint density at radius 2 is 0.308 bits per heavy atom. The van der Waals surface area contributed by atoms with E-state index in [1.165, 1.54) is 0 Å². The molecule has 0 amide bonds. The average Bonchev–Trinajstić information content (AvgIpc) is 2.66. The molecular weight excluding hydrogens is 312 g/mol. The zero-order valence-electron chi connectivity index (χ0n) is 15.3. The molecule has 0 saturated heterocycles. The van der Waals surface area contributed by atoms with Crippen molar-refractivity contribution in [1.29, 1.82) is 0 Å². The van der Waals surface area contributed by atoms with E-state index in [1.54, 1.807) is 12.2 Å². The fraction of sp³-hybridized carbons (Fsp3) is 0. The van der Waals surface area contributed by atoms with E-state index in [1.807, 2.05) is 134 Å². The van der Waals surface area contributed by atoms with E-state index in [-0.39, 0.29) is 0 Å². The molecule has 0 aliphatic rings. The Bertz CT molecular complexity index is 616. The Morgan fingerprint density at radius 3 is 0.423 bits per heavy atom. The lowest BCUT2D eigenvalue weighted by Crippen LogP contribution is -1.54. The highest BCUT2D eigenvalue weighted by atomic mass is 13.7. The summed E-state index contributed by atoms with van der Waals surface area (Å²) < 4.78 is 0. The van der Waals surface area contributed by atoms with Crippen LogP contribution in [0.5, 0.6) is 0 Å². The van der Waals surface area contributed by atoms with Crippen LogP contribution in [0.3, 0.4) is 0 Å². The highest BCUT2D eigenvalue weighted by Crippen LogP contribution is 1.87. The summed E-state index contributed by atoms with van der Waals surface area (Å²) in [6.07, 6.45) is 46.8. The predicted molar refractivity (Wildman–Crippen MR) is 121 cm³/mol. The van der Waals surface area contributed by atoms with Crippen LogP contribution in [0.2, 0.25) is 0 Å². The second-order valence-electron chi connectivity index (χ2n) is 4.71. The molecule has 0 nitrogen and oxygen atoms in total. The minimum atomic E-state index is 1.75. The van der Waals surface area contributed by atoms with Gasteiger partial charge in [0.1, 0.15) is 0 Å². The van der Waals surface area contributed by atoms with Crippen LogP contribution in [-0.4, -0.2) is 0 Å². The van der Waals surface area contributed by atoms with Gasteiger partial charge < -0.3 is 0 Å². The first-order valence-corrected chi connectivity index (χ1v) is 8.48. The van der Waals surface area contributed by atoms with E-state index in [0.29, 0.717) is 0 Å². The van der Waals surface area contributed by atoms with Gasteiger partial charge >= 0.3 is 0 Å². The van der Waals surface area contributed by atoms with E-state index >= 15 is 0 Å². The van der Waals surface area contributed by atoms with E-state index < -0.39 is 0 Å².